The van der Waals surface area contributed by atoms with Crippen LogP contribution in [0.5, 0.6) is 28.7 Å². The fourth-order valence-electron chi connectivity index (χ4n) is 7.07. The van der Waals surface area contributed by atoms with E-state index in [1.807, 2.05) is 54.1 Å². The maximum absolute atomic E-state index is 12.5. The molecule has 0 fully saturated rings. The molecule has 6 N–H and O–H groups in total. The molecule has 0 aliphatic heterocycles. The molecular formula is C41H36NO11S2+. The predicted molar refractivity (Wildman–Crippen MR) is 204 cm³/mol. The van der Waals surface area contributed by atoms with Crippen molar-refractivity contribution in [2.75, 3.05) is 7.11 Å². The molecule has 1 aromatic heterocycles. The molecule has 0 amide bonds. The van der Waals surface area contributed by atoms with Gasteiger partial charge in [-0.2, -0.15) is 21.4 Å². The van der Waals surface area contributed by atoms with E-state index >= 15 is 0 Å². The Hall–Kier alpha value is -5.93. The Morgan fingerprint density at radius 3 is 1.45 bits per heavy atom. The molecule has 0 radical (unpaired) electrons. The molecule has 12 nitrogen and oxygen atoms in total. The van der Waals surface area contributed by atoms with Crippen LogP contribution in [0.2, 0.25) is 0 Å². The summed E-state index contributed by atoms with van der Waals surface area (Å²) in [5, 5.41) is 47.1. The average Bonchev–Trinajstić information content (AvgIpc) is 3.12. The van der Waals surface area contributed by atoms with Gasteiger partial charge in [0.05, 0.1) is 22.3 Å². The maximum atomic E-state index is 12.5. The smallest absolute Gasteiger partial charge is 0.294 e. The lowest BCUT2D eigenvalue weighted by molar-refractivity contribution is -0.646. The van der Waals surface area contributed by atoms with Crippen molar-refractivity contribution in [3.63, 3.8) is 0 Å². The first-order chi connectivity index (χ1) is 26.0. The summed E-state index contributed by atoms with van der Waals surface area (Å²) in [5.74, 6) is -0.441. The number of phenols is 4. The van der Waals surface area contributed by atoms with E-state index in [0.29, 0.717) is 22.3 Å². The largest absolute Gasteiger partial charge is 0.507 e. The molecule has 7 rings (SSSR count). The standard InChI is InChI=1S/C41H35NO11S2/c1-42-33(9-7-24-18-34(53-2)10-11-37(24)42)8-6-23-12-27-14-25-4-3-5-26(38(25)43)15-29-19-35(54(47,48)49)21-31(40(29)45)17-32-22-36(55(50,51)52)20-30(41(32)46)16-28(13-23)39(27)44/h3-13,18-22H,14-17H2,1-2H3,(H5,43,45,46,47,48,49,50,51,52)/p+1. The van der Waals surface area contributed by atoms with Crippen LogP contribution in [-0.2, 0) is 53.0 Å². The van der Waals surface area contributed by atoms with Gasteiger partial charge >= 0.3 is 0 Å². The Balaban J connectivity index is 1.43. The molecular weight excluding hydrogens is 747 g/mol. The quantitative estimate of drug-likeness (QED) is 0.0905. The Morgan fingerprint density at radius 1 is 0.564 bits per heavy atom. The highest BCUT2D eigenvalue weighted by atomic mass is 32.2. The zero-order chi connectivity index (χ0) is 39.4. The number of hydrogen-bond donors (Lipinski definition) is 6. The highest BCUT2D eigenvalue weighted by Gasteiger charge is 2.24. The first-order valence-electron chi connectivity index (χ1n) is 16.9. The van der Waals surface area contributed by atoms with Gasteiger partial charge in [-0.3, -0.25) is 9.11 Å². The molecule has 6 aromatic rings. The van der Waals surface area contributed by atoms with Gasteiger partial charge in [0.25, 0.3) is 20.2 Å². The van der Waals surface area contributed by atoms with Crippen molar-refractivity contribution < 1.29 is 55.7 Å². The van der Waals surface area contributed by atoms with Gasteiger partial charge in [0.1, 0.15) is 35.8 Å². The first-order valence-corrected chi connectivity index (χ1v) is 19.8. The minimum atomic E-state index is -4.85. The molecule has 1 aliphatic rings. The van der Waals surface area contributed by atoms with Crippen LogP contribution in [0, 0.1) is 0 Å². The van der Waals surface area contributed by atoms with Crippen molar-refractivity contribution in [2.45, 2.75) is 35.5 Å². The number of phenolic OH excluding ortho intramolecular Hbond substituents is 4. The van der Waals surface area contributed by atoms with Crippen molar-refractivity contribution in [1.29, 1.82) is 0 Å². The van der Waals surface area contributed by atoms with E-state index in [9.17, 15) is 46.4 Å². The van der Waals surface area contributed by atoms with Gasteiger partial charge in [-0.25, -0.2) is 0 Å². The number of methoxy groups -OCH3 is 1. The second-order valence-electron chi connectivity index (χ2n) is 13.5. The number of hydrogen-bond acceptors (Lipinski definition) is 9. The number of ether oxygens (including phenoxy) is 1. The second kappa shape index (κ2) is 14.0. The van der Waals surface area contributed by atoms with Crippen LogP contribution < -0.4 is 9.30 Å². The van der Waals surface area contributed by atoms with Gasteiger partial charge in [-0.05, 0) is 88.5 Å². The number of nitrogens with zero attached hydrogens (tertiary/aromatic N) is 1. The summed E-state index contributed by atoms with van der Waals surface area (Å²) in [4.78, 5) is -1.16. The molecule has 1 heterocycles. The Morgan fingerprint density at radius 2 is 1.00 bits per heavy atom. The summed E-state index contributed by atoms with van der Waals surface area (Å²) >= 11 is 0. The van der Waals surface area contributed by atoms with Crippen LogP contribution in [0.1, 0.15) is 55.8 Å². The van der Waals surface area contributed by atoms with Crippen LogP contribution in [0.15, 0.2) is 94.7 Å². The summed E-state index contributed by atoms with van der Waals surface area (Å²) < 4.78 is 77.0. The number of aromatic hydroxyl groups is 4. The molecule has 55 heavy (non-hydrogen) atoms. The van der Waals surface area contributed by atoms with E-state index in [0.717, 1.165) is 46.6 Å². The van der Waals surface area contributed by atoms with Crippen molar-refractivity contribution in [2.24, 2.45) is 7.05 Å². The maximum Gasteiger partial charge on any atom is 0.294 e. The van der Waals surface area contributed by atoms with Crippen LogP contribution in [-0.4, -0.2) is 53.5 Å². The van der Waals surface area contributed by atoms with Crippen LogP contribution in [0.4, 0.5) is 0 Å². The van der Waals surface area contributed by atoms with Crippen molar-refractivity contribution in [3.05, 3.63) is 141 Å². The molecule has 0 unspecified atom stereocenters. The summed E-state index contributed by atoms with van der Waals surface area (Å²) in [7, 11) is -6.13. The molecule has 282 valence electrons. The zero-order valence-corrected chi connectivity index (χ0v) is 31.2. The molecule has 0 atom stereocenters. The second-order valence-corrected chi connectivity index (χ2v) is 16.4. The number of benzene rings is 5. The highest BCUT2D eigenvalue weighted by molar-refractivity contribution is 7.86. The van der Waals surface area contributed by atoms with Gasteiger partial charge in [0.15, 0.2) is 0 Å². The third-order valence-electron chi connectivity index (χ3n) is 9.96. The monoisotopic (exact) mass is 782 g/mol. The number of aromatic nitrogens is 1. The Labute approximate surface area is 317 Å². The predicted octanol–water partition coefficient (Wildman–Crippen LogP) is 5.84. The minimum Gasteiger partial charge on any atom is -0.507 e. The van der Waals surface area contributed by atoms with Crippen molar-refractivity contribution in [1.82, 2.24) is 0 Å². The summed E-state index contributed by atoms with van der Waals surface area (Å²) in [6.07, 6.45) is 2.88. The lowest BCUT2D eigenvalue weighted by Crippen LogP contribution is -2.32. The van der Waals surface area contributed by atoms with E-state index in [1.54, 1.807) is 37.4 Å². The Bertz CT molecular complexity index is 2810. The molecule has 0 saturated carbocycles. The zero-order valence-electron chi connectivity index (χ0n) is 29.6. The Kier molecular flexibility index (Phi) is 9.55. The van der Waals surface area contributed by atoms with E-state index in [-0.39, 0.29) is 58.6 Å². The van der Waals surface area contributed by atoms with Crippen molar-refractivity contribution in [3.8, 4) is 28.7 Å². The van der Waals surface area contributed by atoms with E-state index in [1.165, 1.54) is 0 Å². The fraction of sp³-hybridized carbons (Fsp3) is 0.146. The summed E-state index contributed by atoms with van der Waals surface area (Å²) in [5.41, 5.74) is 3.60. The van der Waals surface area contributed by atoms with Crippen LogP contribution in [0.25, 0.3) is 23.1 Å². The van der Waals surface area contributed by atoms with Crippen LogP contribution >= 0.6 is 0 Å². The average molecular weight is 783 g/mol. The van der Waals surface area contributed by atoms with Gasteiger partial charge in [-0.1, -0.05) is 18.2 Å². The topological polar surface area (TPSA) is 203 Å². The molecule has 1 aliphatic carbocycles. The number of para-hydroxylation sites is 1. The van der Waals surface area contributed by atoms with Gasteiger partial charge in [0, 0.05) is 66.1 Å². The summed E-state index contributed by atoms with van der Waals surface area (Å²) in [6, 6.07) is 22.1. The minimum absolute atomic E-state index is 0.00792. The van der Waals surface area contributed by atoms with Gasteiger partial charge < -0.3 is 25.2 Å². The van der Waals surface area contributed by atoms with E-state index < -0.39 is 47.9 Å². The molecule has 14 heteroatoms. The molecule has 0 saturated heterocycles. The number of rotatable bonds is 5. The van der Waals surface area contributed by atoms with Crippen LogP contribution in [0.3, 0.4) is 0 Å². The number of pyridine rings is 1. The molecule has 5 aromatic carbocycles. The molecule has 0 spiro atoms. The number of aryl methyl sites for hydroxylation is 1. The fourth-order valence-corrected chi connectivity index (χ4v) is 8.23. The van der Waals surface area contributed by atoms with Gasteiger partial charge in [-0.15, -0.1) is 0 Å². The third kappa shape index (κ3) is 7.44. The highest BCUT2D eigenvalue weighted by Crippen LogP contribution is 2.40. The van der Waals surface area contributed by atoms with Gasteiger partial charge in [0.2, 0.25) is 11.2 Å². The lowest BCUT2D eigenvalue weighted by Gasteiger charge is -2.18. The van der Waals surface area contributed by atoms with E-state index in [2.05, 4.69) is 0 Å². The summed E-state index contributed by atoms with van der Waals surface area (Å²) in [6.45, 7) is 0. The normalized spacial score (nSPS) is 13.3. The third-order valence-corrected chi connectivity index (χ3v) is 11.6. The van der Waals surface area contributed by atoms with Crippen molar-refractivity contribution >= 4 is 43.3 Å². The first kappa shape index (κ1) is 37.4. The lowest BCUT2D eigenvalue weighted by atomic mass is 9.90. The number of fused-ring (bicyclic) bond motifs is 9. The molecule has 8 bridgehead atoms. The van der Waals surface area contributed by atoms with E-state index in [4.69, 9.17) is 4.74 Å². The SMILES string of the molecule is COc1ccc2c(ccc(/C=C/c3cc4c(O)c(c3)Cc3cc(S(=O)(=O)O)cc(c3O)Cc3cc(S(=O)(=O)O)cc(c3O)Cc3cccc(c3O)C4)[n+]2C)c1.